The van der Waals surface area contributed by atoms with Crippen molar-refractivity contribution in [3.63, 3.8) is 0 Å². The molecule has 0 heterocycles. The number of hydrogen-bond acceptors (Lipinski definition) is 1. The van der Waals surface area contributed by atoms with Gasteiger partial charge in [-0.1, -0.05) is 30.3 Å². The lowest BCUT2D eigenvalue weighted by molar-refractivity contribution is 0.436. The van der Waals surface area contributed by atoms with Crippen LogP contribution in [0.5, 0.6) is 0 Å². The van der Waals surface area contributed by atoms with Crippen molar-refractivity contribution in [3.05, 3.63) is 35.9 Å². The van der Waals surface area contributed by atoms with Crippen LogP contribution in [0.4, 0.5) is 0 Å². The van der Waals surface area contributed by atoms with Crippen LogP contribution in [-0.2, 0) is 6.54 Å². The van der Waals surface area contributed by atoms with Crippen molar-refractivity contribution in [2.75, 3.05) is 20.1 Å². The van der Waals surface area contributed by atoms with Gasteiger partial charge in [-0.25, -0.2) is 0 Å². The van der Waals surface area contributed by atoms with E-state index < -0.39 is 0 Å². The van der Waals surface area contributed by atoms with E-state index in [0.29, 0.717) is 5.41 Å². The molecule has 0 aromatic heterocycles. The van der Waals surface area contributed by atoms with Gasteiger partial charge in [0.1, 0.15) is 0 Å². The highest BCUT2D eigenvalue weighted by Crippen LogP contribution is 2.61. The fourth-order valence-electron chi connectivity index (χ4n) is 3.19. The maximum atomic E-state index is 4.94. The van der Waals surface area contributed by atoms with Crippen molar-refractivity contribution in [1.82, 2.24) is 10.2 Å². The topological polar surface area (TPSA) is 27.6 Å². The lowest BCUT2D eigenvalue weighted by Crippen LogP contribution is -2.39. The minimum absolute atomic E-state index is 0.578. The van der Waals surface area contributed by atoms with Crippen molar-refractivity contribution in [2.45, 2.75) is 39.2 Å². The maximum absolute atomic E-state index is 4.94. The van der Waals surface area contributed by atoms with Crippen LogP contribution in [0, 0.1) is 11.3 Å². The molecule has 2 aliphatic carbocycles. The predicted molar refractivity (Wildman–Crippen MR) is 88.3 cm³/mol. The first kappa shape index (κ1) is 14.4. The Hall–Kier alpha value is -1.51. The standard InChI is InChI=1S/C18H27N3/c1-3-19-17(20-14-18(11-12-18)16-9-10-16)21(2)13-15-7-5-4-6-8-15/h4-8,16H,3,9-14H2,1-2H3,(H,19,20). The Morgan fingerprint density at radius 3 is 2.57 bits per heavy atom. The van der Waals surface area contributed by atoms with E-state index in [2.05, 4.69) is 54.5 Å². The molecule has 2 aliphatic rings. The van der Waals surface area contributed by atoms with Gasteiger partial charge < -0.3 is 10.2 Å². The largest absolute Gasteiger partial charge is 0.357 e. The van der Waals surface area contributed by atoms with E-state index in [1.165, 1.54) is 31.2 Å². The predicted octanol–water partition coefficient (Wildman–Crippen LogP) is 3.27. The van der Waals surface area contributed by atoms with E-state index >= 15 is 0 Å². The number of nitrogens with one attached hydrogen (secondary N) is 1. The summed E-state index contributed by atoms with van der Waals surface area (Å²) in [5.74, 6) is 2.02. The molecule has 114 valence electrons. The Kier molecular flexibility index (Phi) is 4.18. The third-order valence-corrected chi connectivity index (χ3v) is 4.84. The molecular weight excluding hydrogens is 258 g/mol. The molecule has 0 radical (unpaired) electrons. The summed E-state index contributed by atoms with van der Waals surface area (Å²) in [6, 6.07) is 10.6. The van der Waals surface area contributed by atoms with Crippen molar-refractivity contribution in [2.24, 2.45) is 16.3 Å². The van der Waals surface area contributed by atoms with Crippen molar-refractivity contribution in [1.29, 1.82) is 0 Å². The smallest absolute Gasteiger partial charge is 0.193 e. The van der Waals surface area contributed by atoms with Gasteiger partial charge >= 0.3 is 0 Å². The van der Waals surface area contributed by atoms with Gasteiger partial charge in [0.25, 0.3) is 0 Å². The Morgan fingerprint density at radius 1 is 1.29 bits per heavy atom. The zero-order chi connectivity index (χ0) is 14.7. The monoisotopic (exact) mass is 285 g/mol. The Morgan fingerprint density at radius 2 is 2.00 bits per heavy atom. The SMILES string of the molecule is CCNC(=NCC1(C2CC2)CC1)N(C)Cc1ccccc1. The van der Waals surface area contributed by atoms with Crippen LogP contribution in [0.1, 0.15) is 38.2 Å². The maximum Gasteiger partial charge on any atom is 0.193 e. The molecule has 2 fully saturated rings. The number of nitrogens with zero attached hydrogens (tertiary/aromatic N) is 2. The summed E-state index contributed by atoms with van der Waals surface area (Å²) < 4.78 is 0. The summed E-state index contributed by atoms with van der Waals surface area (Å²) in [5.41, 5.74) is 1.91. The normalized spacial score (nSPS) is 20.2. The second-order valence-electron chi connectivity index (χ2n) is 6.65. The second kappa shape index (κ2) is 6.08. The van der Waals surface area contributed by atoms with E-state index in [1.807, 2.05) is 0 Å². The van der Waals surface area contributed by atoms with Crippen LogP contribution in [-0.4, -0.2) is 31.0 Å². The third-order valence-electron chi connectivity index (χ3n) is 4.84. The first-order valence-corrected chi connectivity index (χ1v) is 8.27. The molecule has 2 saturated carbocycles. The van der Waals surface area contributed by atoms with Crippen molar-refractivity contribution >= 4 is 5.96 Å². The van der Waals surface area contributed by atoms with Crippen LogP contribution in [0.25, 0.3) is 0 Å². The van der Waals surface area contributed by atoms with Crippen molar-refractivity contribution < 1.29 is 0 Å². The Balaban J connectivity index is 1.62. The van der Waals surface area contributed by atoms with Gasteiger partial charge in [-0.2, -0.15) is 0 Å². The summed E-state index contributed by atoms with van der Waals surface area (Å²) in [6.45, 7) is 4.98. The quantitative estimate of drug-likeness (QED) is 0.641. The number of benzene rings is 1. The zero-order valence-electron chi connectivity index (χ0n) is 13.3. The first-order valence-electron chi connectivity index (χ1n) is 8.27. The van der Waals surface area contributed by atoms with Gasteiger partial charge in [0, 0.05) is 26.7 Å². The highest BCUT2D eigenvalue weighted by Gasteiger charge is 2.53. The van der Waals surface area contributed by atoms with Gasteiger partial charge in [-0.05, 0) is 49.5 Å². The average Bonchev–Trinajstić information content (AvgIpc) is 3.38. The molecule has 3 rings (SSSR count). The van der Waals surface area contributed by atoms with Crippen LogP contribution in [0.2, 0.25) is 0 Å². The van der Waals surface area contributed by atoms with E-state index in [4.69, 9.17) is 4.99 Å². The average molecular weight is 285 g/mol. The molecular formula is C18H27N3. The molecule has 1 aromatic carbocycles. The van der Waals surface area contributed by atoms with Gasteiger partial charge in [0.05, 0.1) is 0 Å². The minimum Gasteiger partial charge on any atom is -0.357 e. The Bertz CT molecular complexity index is 486. The summed E-state index contributed by atoms with van der Waals surface area (Å²) in [4.78, 5) is 7.17. The molecule has 1 N–H and O–H groups in total. The number of hydrogen-bond donors (Lipinski definition) is 1. The zero-order valence-corrected chi connectivity index (χ0v) is 13.3. The lowest BCUT2D eigenvalue weighted by atomic mass is 10.0. The first-order chi connectivity index (χ1) is 10.2. The molecule has 0 amide bonds. The highest BCUT2D eigenvalue weighted by molar-refractivity contribution is 5.79. The van der Waals surface area contributed by atoms with Gasteiger partial charge in [0.15, 0.2) is 5.96 Å². The van der Waals surface area contributed by atoms with E-state index in [-0.39, 0.29) is 0 Å². The molecule has 1 aromatic rings. The fraction of sp³-hybridized carbons (Fsp3) is 0.611. The highest BCUT2D eigenvalue weighted by atomic mass is 15.3. The summed E-state index contributed by atoms with van der Waals surface area (Å²) in [5, 5.41) is 3.44. The molecule has 0 saturated heterocycles. The number of aliphatic imine (C=N–C) groups is 1. The summed E-state index contributed by atoms with van der Waals surface area (Å²) >= 11 is 0. The molecule has 0 spiro atoms. The fourth-order valence-corrected chi connectivity index (χ4v) is 3.19. The molecule has 0 bridgehead atoms. The molecule has 3 heteroatoms. The summed E-state index contributed by atoms with van der Waals surface area (Å²) in [7, 11) is 2.13. The Labute approximate surface area is 128 Å². The van der Waals surface area contributed by atoms with Gasteiger partial charge in [-0.15, -0.1) is 0 Å². The molecule has 3 nitrogen and oxygen atoms in total. The van der Waals surface area contributed by atoms with Crippen molar-refractivity contribution in [3.8, 4) is 0 Å². The van der Waals surface area contributed by atoms with Gasteiger partial charge in [-0.3, -0.25) is 4.99 Å². The van der Waals surface area contributed by atoms with E-state index in [9.17, 15) is 0 Å². The lowest BCUT2D eigenvalue weighted by Gasteiger charge is -2.23. The number of rotatable bonds is 6. The summed E-state index contributed by atoms with van der Waals surface area (Å²) in [6.07, 6.45) is 5.66. The molecule has 0 aliphatic heterocycles. The van der Waals surface area contributed by atoms with E-state index in [1.54, 1.807) is 0 Å². The van der Waals surface area contributed by atoms with E-state index in [0.717, 1.165) is 31.5 Å². The van der Waals surface area contributed by atoms with Crippen LogP contribution in [0.3, 0.4) is 0 Å². The molecule has 0 unspecified atom stereocenters. The van der Waals surface area contributed by atoms with Crippen LogP contribution < -0.4 is 5.32 Å². The number of guanidine groups is 1. The molecule has 0 atom stereocenters. The van der Waals surface area contributed by atoms with Crippen LogP contribution in [0.15, 0.2) is 35.3 Å². The van der Waals surface area contributed by atoms with Gasteiger partial charge in [0.2, 0.25) is 0 Å². The van der Waals surface area contributed by atoms with Crippen LogP contribution >= 0.6 is 0 Å². The molecule has 21 heavy (non-hydrogen) atoms. The third kappa shape index (κ3) is 3.58. The second-order valence-corrected chi connectivity index (χ2v) is 6.65. The minimum atomic E-state index is 0.578.